The van der Waals surface area contributed by atoms with Crippen molar-refractivity contribution in [1.29, 1.82) is 0 Å². The summed E-state index contributed by atoms with van der Waals surface area (Å²) < 4.78 is 16.9. The first-order valence-corrected chi connectivity index (χ1v) is 31.5. The van der Waals surface area contributed by atoms with Gasteiger partial charge in [-0.1, -0.05) is 258 Å². The molecule has 1 atom stereocenters. The summed E-state index contributed by atoms with van der Waals surface area (Å²) >= 11 is 0. The van der Waals surface area contributed by atoms with E-state index in [0.29, 0.717) is 19.3 Å². The number of hydrogen-bond donors (Lipinski definition) is 0. The van der Waals surface area contributed by atoms with Crippen LogP contribution in [0.5, 0.6) is 0 Å². The van der Waals surface area contributed by atoms with Crippen LogP contribution in [0.4, 0.5) is 0 Å². The molecular weight excluding hydrogens is 937 g/mol. The molecule has 0 fully saturated rings. The minimum absolute atomic E-state index is 0.110. The minimum atomic E-state index is -0.820. The second kappa shape index (κ2) is 63.3. The zero-order valence-corrected chi connectivity index (χ0v) is 49.5. The average molecular weight is 1050 g/mol. The van der Waals surface area contributed by atoms with Crippen molar-refractivity contribution >= 4 is 17.9 Å². The number of ether oxygens (including phenoxy) is 3. The Balaban J connectivity index is 4.44. The predicted octanol–water partition coefficient (Wildman–Crippen LogP) is 21.6. The first-order valence-electron chi connectivity index (χ1n) is 31.5. The Bertz CT molecular complexity index is 1590. The highest BCUT2D eigenvalue weighted by Gasteiger charge is 2.19. The molecule has 1 unspecified atom stereocenters. The quantitative estimate of drug-likeness (QED) is 0.0261. The second-order valence-corrected chi connectivity index (χ2v) is 20.6. The molecule has 0 saturated heterocycles. The molecule has 0 aliphatic heterocycles. The number of carbonyl (C=O) groups is 3. The van der Waals surface area contributed by atoms with Crippen molar-refractivity contribution in [1.82, 2.24) is 0 Å². The number of carbonyl (C=O) groups excluding carboxylic acids is 3. The number of unbranched alkanes of at least 4 members (excludes halogenated alkanes) is 25. The molecule has 0 aromatic rings. The van der Waals surface area contributed by atoms with Crippen LogP contribution >= 0.6 is 0 Å². The lowest BCUT2D eigenvalue weighted by Crippen LogP contribution is -2.30. The number of allylic oxidation sites excluding steroid dienone is 20. The SMILES string of the molecule is CC/C=C\C/C=C\C/C=C\C/C=C\C/C=C\CCCC(=O)OC(COC(=O)CCCCCCC/C=C\C/C=C\CCCCCC)COC(=O)CCCCCCCCCCCC/C=C\C/C=C\C/C=C\CCCCCCC. The summed E-state index contributed by atoms with van der Waals surface area (Å²) in [7, 11) is 0. The Morgan fingerprint density at radius 3 is 0.855 bits per heavy atom. The van der Waals surface area contributed by atoms with E-state index in [9.17, 15) is 14.4 Å². The van der Waals surface area contributed by atoms with E-state index in [0.717, 1.165) is 116 Å². The van der Waals surface area contributed by atoms with Crippen LogP contribution in [0.1, 0.15) is 284 Å². The van der Waals surface area contributed by atoms with Gasteiger partial charge in [-0.2, -0.15) is 0 Å². The Morgan fingerprint density at radius 1 is 0.276 bits per heavy atom. The molecule has 76 heavy (non-hydrogen) atoms. The van der Waals surface area contributed by atoms with Gasteiger partial charge in [0.25, 0.3) is 0 Å². The Morgan fingerprint density at radius 2 is 0.526 bits per heavy atom. The van der Waals surface area contributed by atoms with E-state index in [1.54, 1.807) is 0 Å². The van der Waals surface area contributed by atoms with Crippen LogP contribution in [0.2, 0.25) is 0 Å². The second-order valence-electron chi connectivity index (χ2n) is 20.6. The number of esters is 3. The summed E-state index contributed by atoms with van der Waals surface area (Å²) in [6, 6.07) is 0. The highest BCUT2D eigenvalue weighted by atomic mass is 16.6. The third-order valence-electron chi connectivity index (χ3n) is 13.2. The minimum Gasteiger partial charge on any atom is -0.462 e. The highest BCUT2D eigenvalue weighted by molar-refractivity contribution is 5.71. The van der Waals surface area contributed by atoms with Gasteiger partial charge in [-0.3, -0.25) is 14.4 Å². The molecule has 0 spiro atoms. The molecule has 0 saturated carbocycles. The van der Waals surface area contributed by atoms with Crippen molar-refractivity contribution in [3.63, 3.8) is 0 Å². The van der Waals surface area contributed by atoms with Crippen molar-refractivity contribution in [2.45, 2.75) is 290 Å². The van der Waals surface area contributed by atoms with Crippen molar-refractivity contribution in [2.24, 2.45) is 0 Å². The van der Waals surface area contributed by atoms with Crippen LogP contribution < -0.4 is 0 Å². The fourth-order valence-electron chi connectivity index (χ4n) is 8.46. The lowest BCUT2D eigenvalue weighted by atomic mass is 10.1. The summed E-state index contributed by atoms with van der Waals surface area (Å²) in [6.45, 7) is 6.44. The van der Waals surface area contributed by atoms with Gasteiger partial charge >= 0.3 is 17.9 Å². The van der Waals surface area contributed by atoms with E-state index in [4.69, 9.17) is 14.2 Å². The van der Waals surface area contributed by atoms with Gasteiger partial charge in [0, 0.05) is 19.3 Å². The summed E-state index contributed by atoms with van der Waals surface area (Å²) in [5.41, 5.74) is 0. The van der Waals surface area contributed by atoms with Crippen LogP contribution in [-0.4, -0.2) is 37.2 Å². The highest BCUT2D eigenvalue weighted by Crippen LogP contribution is 2.15. The fourth-order valence-corrected chi connectivity index (χ4v) is 8.46. The van der Waals surface area contributed by atoms with Crippen LogP contribution in [0.3, 0.4) is 0 Å². The lowest BCUT2D eigenvalue weighted by Gasteiger charge is -2.18. The maximum atomic E-state index is 12.9. The van der Waals surface area contributed by atoms with Gasteiger partial charge in [0.1, 0.15) is 13.2 Å². The third kappa shape index (κ3) is 60.7. The molecule has 0 amide bonds. The summed E-state index contributed by atoms with van der Waals surface area (Å²) in [5.74, 6) is -0.984. The van der Waals surface area contributed by atoms with E-state index in [-0.39, 0.29) is 37.5 Å². The molecule has 0 aromatic carbocycles. The lowest BCUT2D eigenvalue weighted by molar-refractivity contribution is -0.167. The topological polar surface area (TPSA) is 78.9 Å². The predicted molar refractivity (Wildman–Crippen MR) is 330 cm³/mol. The smallest absolute Gasteiger partial charge is 0.306 e. The van der Waals surface area contributed by atoms with E-state index in [1.807, 2.05) is 0 Å². The molecule has 0 aliphatic rings. The van der Waals surface area contributed by atoms with Crippen LogP contribution in [0.25, 0.3) is 0 Å². The van der Waals surface area contributed by atoms with Gasteiger partial charge < -0.3 is 14.2 Å². The van der Waals surface area contributed by atoms with Crippen molar-refractivity contribution in [3.05, 3.63) is 122 Å². The van der Waals surface area contributed by atoms with Gasteiger partial charge in [0.15, 0.2) is 6.10 Å². The van der Waals surface area contributed by atoms with Gasteiger partial charge in [-0.05, 0) is 128 Å². The fraction of sp³-hybridized carbons (Fsp3) is 0.671. The molecule has 6 heteroatoms. The maximum Gasteiger partial charge on any atom is 0.306 e. The molecule has 432 valence electrons. The van der Waals surface area contributed by atoms with E-state index in [2.05, 4.69) is 142 Å². The van der Waals surface area contributed by atoms with Crippen LogP contribution in [-0.2, 0) is 28.6 Å². The molecule has 0 aliphatic carbocycles. The Labute approximate surface area is 469 Å². The maximum absolute atomic E-state index is 12.9. The largest absolute Gasteiger partial charge is 0.462 e. The van der Waals surface area contributed by atoms with Gasteiger partial charge in [-0.25, -0.2) is 0 Å². The Hall–Kier alpha value is -4.19. The summed E-state index contributed by atoms with van der Waals surface area (Å²) in [6.07, 6.45) is 87.7. The zero-order valence-electron chi connectivity index (χ0n) is 49.5. The van der Waals surface area contributed by atoms with Gasteiger partial charge in [0.05, 0.1) is 0 Å². The van der Waals surface area contributed by atoms with Crippen LogP contribution in [0, 0.1) is 0 Å². The van der Waals surface area contributed by atoms with E-state index >= 15 is 0 Å². The van der Waals surface area contributed by atoms with Gasteiger partial charge in [-0.15, -0.1) is 0 Å². The first-order chi connectivity index (χ1) is 37.5. The van der Waals surface area contributed by atoms with E-state index < -0.39 is 6.10 Å². The third-order valence-corrected chi connectivity index (χ3v) is 13.2. The molecule has 0 N–H and O–H groups in total. The molecular formula is C70H116O6. The molecule has 0 aromatic heterocycles. The van der Waals surface area contributed by atoms with Crippen molar-refractivity contribution in [2.75, 3.05) is 13.2 Å². The molecule has 0 bridgehead atoms. The summed E-state index contributed by atoms with van der Waals surface area (Å²) in [4.78, 5) is 38.3. The zero-order chi connectivity index (χ0) is 55.0. The van der Waals surface area contributed by atoms with Crippen molar-refractivity contribution < 1.29 is 28.6 Å². The average Bonchev–Trinajstić information content (AvgIpc) is 3.42. The van der Waals surface area contributed by atoms with Gasteiger partial charge in [0.2, 0.25) is 0 Å². The standard InChI is InChI=1S/C70H116O6/c1-4-7-10-13-16-19-22-25-28-31-32-33-34-35-36-37-38-40-42-45-48-51-54-57-60-63-69(72)75-66-67(65-74-68(71)62-59-56-53-50-47-44-41-30-27-24-21-18-15-12-9-6-3)76-70(73)64-61-58-55-52-49-46-43-39-29-26-23-20-17-14-11-8-5-2/h8,11,17,20-22,24-26,29-32,34-35,41,43,46,52,55,67H,4-7,9-10,12-16,18-19,23,27-28,33,36-40,42,44-45,47-51,53-54,56-66H2,1-3H3/b11-8-,20-17-,24-21-,25-22-,29-26-,32-31-,35-34-,41-30-,46-43-,55-52-. The monoisotopic (exact) mass is 1050 g/mol. The normalized spacial score (nSPS) is 12.9. The van der Waals surface area contributed by atoms with Crippen molar-refractivity contribution in [3.8, 4) is 0 Å². The number of rotatable bonds is 56. The first kappa shape index (κ1) is 71.8. The molecule has 0 rings (SSSR count). The molecule has 0 heterocycles. The Kier molecular flexibility index (Phi) is 59.9. The van der Waals surface area contributed by atoms with E-state index in [1.165, 1.54) is 122 Å². The molecule has 6 nitrogen and oxygen atoms in total. The summed E-state index contributed by atoms with van der Waals surface area (Å²) in [5, 5.41) is 0. The number of hydrogen-bond acceptors (Lipinski definition) is 6. The molecule has 0 radical (unpaired) electrons. The van der Waals surface area contributed by atoms with Crippen LogP contribution in [0.15, 0.2) is 122 Å².